The number of piperidine rings is 1. The first-order chi connectivity index (χ1) is 16.8. The van der Waals surface area contributed by atoms with Crippen LogP contribution >= 0.6 is 11.6 Å². The van der Waals surface area contributed by atoms with Crippen LogP contribution in [0.15, 0.2) is 34.1 Å². The van der Waals surface area contributed by atoms with E-state index in [2.05, 4.69) is 10.4 Å². The zero-order chi connectivity index (χ0) is 25.0. The van der Waals surface area contributed by atoms with Crippen molar-refractivity contribution < 1.29 is 22.6 Å². The lowest BCUT2D eigenvalue weighted by Crippen LogP contribution is -2.41. The number of rotatable bonds is 8. The Morgan fingerprint density at radius 3 is 2.57 bits per heavy atom. The molecule has 2 fully saturated rings. The first-order valence-corrected chi connectivity index (χ1v) is 13.5. The lowest BCUT2D eigenvalue weighted by Gasteiger charge is -2.31. The number of aromatic nitrogens is 2. The Bertz CT molecular complexity index is 1190. The third-order valence-corrected chi connectivity index (χ3v) is 8.80. The van der Waals surface area contributed by atoms with Crippen molar-refractivity contribution in [3.05, 3.63) is 39.8 Å². The van der Waals surface area contributed by atoms with Gasteiger partial charge in [0.1, 0.15) is 5.02 Å². The Kier molecular flexibility index (Phi) is 8.20. The summed E-state index contributed by atoms with van der Waals surface area (Å²) in [5, 5.41) is 7.66. The molecule has 2 aliphatic heterocycles. The lowest BCUT2D eigenvalue weighted by molar-refractivity contribution is 0.0595. The van der Waals surface area contributed by atoms with Gasteiger partial charge in [-0.3, -0.25) is 4.79 Å². The number of ether oxygens (including phenoxy) is 3. The van der Waals surface area contributed by atoms with Crippen molar-refractivity contribution in [2.45, 2.75) is 36.6 Å². The van der Waals surface area contributed by atoms with Gasteiger partial charge in [-0.15, -0.1) is 0 Å². The number of anilines is 1. The quantitative estimate of drug-likeness (QED) is 0.559. The zero-order valence-electron chi connectivity index (χ0n) is 19.9. The van der Waals surface area contributed by atoms with Crippen LogP contribution in [0.2, 0.25) is 5.02 Å². The smallest absolute Gasteiger partial charge is 0.287 e. The second-order valence-corrected chi connectivity index (χ2v) is 11.1. The second-order valence-electron chi connectivity index (χ2n) is 8.74. The largest absolute Gasteiger partial charge is 0.493 e. The maximum atomic E-state index is 13.2. The van der Waals surface area contributed by atoms with Crippen LogP contribution < -0.4 is 20.3 Å². The van der Waals surface area contributed by atoms with E-state index in [0.717, 1.165) is 19.4 Å². The predicted molar refractivity (Wildman–Crippen MR) is 132 cm³/mol. The molecule has 0 aliphatic carbocycles. The highest BCUT2D eigenvalue weighted by Crippen LogP contribution is 2.32. The molecular formula is C23H31ClN4O6S. The van der Waals surface area contributed by atoms with E-state index < -0.39 is 10.0 Å². The van der Waals surface area contributed by atoms with Crippen LogP contribution in [0.5, 0.6) is 11.5 Å². The number of nitrogens with one attached hydrogen (secondary N) is 1. The van der Waals surface area contributed by atoms with Gasteiger partial charge in [-0.1, -0.05) is 11.6 Å². The Balaban J connectivity index is 1.41. The first kappa shape index (κ1) is 25.7. The monoisotopic (exact) mass is 526 g/mol. The lowest BCUT2D eigenvalue weighted by atomic mass is 10.0. The fourth-order valence-electron chi connectivity index (χ4n) is 4.50. The van der Waals surface area contributed by atoms with Gasteiger partial charge < -0.3 is 19.5 Å². The van der Waals surface area contributed by atoms with E-state index in [1.165, 1.54) is 35.3 Å². The molecule has 0 saturated carbocycles. The summed E-state index contributed by atoms with van der Waals surface area (Å²) in [4.78, 5) is 13.0. The summed E-state index contributed by atoms with van der Waals surface area (Å²) in [5.74, 6) is 1.18. The molecule has 0 amide bonds. The van der Waals surface area contributed by atoms with E-state index in [9.17, 15) is 13.2 Å². The Morgan fingerprint density at radius 2 is 1.91 bits per heavy atom. The fourth-order valence-corrected chi connectivity index (χ4v) is 6.19. The predicted octanol–water partition coefficient (Wildman–Crippen LogP) is 2.78. The van der Waals surface area contributed by atoms with Crippen LogP contribution in [0.1, 0.15) is 31.7 Å². The van der Waals surface area contributed by atoms with Gasteiger partial charge in [0.2, 0.25) is 10.0 Å². The minimum Gasteiger partial charge on any atom is -0.493 e. The molecule has 12 heteroatoms. The van der Waals surface area contributed by atoms with Gasteiger partial charge in [0.15, 0.2) is 11.5 Å². The summed E-state index contributed by atoms with van der Waals surface area (Å²) in [7, 11) is -0.772. The van der Waals surface area contributed by atoms with E-state index in [-0.39, 0.29) is 34.6 Å². The third-order valence-electron chi connectivity index (χ3n) is 6.54. The molecule has 1 atom stereocenters. The average molecular weight is 527 g/mol. The number of methoxy groups -OCH3 is 2. The van der Waals surface area contributed by atoms with Gasteiger partial charge in [0.25, 0.3) is 5.56 Å². The van der Waals surface area contributed by atoms with Crippen molar-refractivity contribution in [2.24, 2.45) is 5.92 Å². The van der Waals surface area contributed by atoms with Crippen molar-refractivity contribution in [2.75, 3.05) is 52.4 Å². The molecule has 2 aromatic rings. The molecule has 1 aromatic carbocycles. The number of hydrogen-bond acceptors (Lipinski definition) is 8. The summed E-state index contributed by atoms with van der Waals surface area (Å²) in [6.45, 7) is 2.67. The minimum absolute atomic E-state index is 0.0945. The van der Waals surface area contributed by atoms with E-state index in [1.54, 1.807) is 12.3 Å². The van der Waals surface area contributed by atoms with Crippen molar-refractivity contribution in [3.63, 3.8) is 0 Å². The molecule has 4 rings (SSSR count). The van der Waals surface area contributed by atoms with Crippen LogP contribution in [0.3, 0.4) is 0 Å². The van der Waals surface area contributed by atoms with Gasteiger partial charge in [0.05, 0.1) is 43.6 Å². The van der Waals surface area contributed by atoms with E-state index in [0.29, 0.717) is 49.1 Å². The molecule has 0 radical (unpaired) electrons. The highest BCUT2D eigenvalue weighted by atomic mass is 35.5. The number of nitrogens with zero attached hydrogens (tertiary/aromatic N) is 3. The summed E-state index contributed by atoms with van der Waals surface area (Å²) in [6.07, 6.45) is 4.56. The summed E-state index contributed by atoms with van der Waals surface area (Å²) in [5.41, 5.74) is 0.129. The maximum absolute atomic E-state index is 13.2. The molecule has 35 heavy (non-hydrogen) atoms. The first-order valence-electron chi connectivity index (χ1n) is 11.7. The Hall–Kier alpha value is -2.34. The fraction of sp³-hybridized carbons (Fsp3) is 0.565. The number of sulfonamides is 1. The van der Waals surface area contributed by atoms with Gasteiger partial charge in [-0.25, -0.2) is 13.1 Å². The average Bonchev–Trinajstić information content (AvgIpc) is 2.89. The molecule has 0 unspecified atom stereocenters. The van der Waals surface area contributed by atoms with Crippen molar-refractivity contribution in [1.82, 2.24) is 14.1 Å². The normalized spacial score (nSPS) is 19.9. The van der Waals surface area contributed by atoms with Crippen LogP contribution in [0.25, 0.3) is 0 Å². The minimum atomic E-state index is -3.72. The molecule has 3 heterocycles. The van der Waals surface area contributed by atoms with Gasteiger partial charge in [0, 0.05) is 32.3 Å². The van der Waals surface area contributed by atoms with E-state index >= 15 is 0 Å². The zero-order valence-corrected chi connectivity index (χ0v) is 21.5. The molecule has 1 N–H and O–H groups in total. The van der Waals surface area contributed by atoms with Crippen LogP contribution in [0.4, 0.5) is 5.69 Å². The number of hydrogen-bond donors (Lipinski definition) is 1. The van der Waals surface area contributed by atoms with Crippen LogP contribution in [0, 0.1) is 5.92 Å². The second kappa shape index (κ2) is 11.2. The van der Waals surface area contributed by atoms with E-state index in [1.807, 2.05) is 0 Å². The van der Waals surface area contributed by atoms with Gasteiger partial charge >= 0.3 is 0 Å². The molecule has 1 aromatic heterocycles. The van der Waals surface area contributed by atoms with Crippen molar-refractivity contribution in [1.29, 1.82) is 0 Å². The Labute approximate surface area is 210 Å². The van der Waals surface area contributed by atoms with E-state index in [4.69, 9.17) is 25.8 Å². The molecule has 192 valence electrons. The highest BCUT2D eigenvalue weighted by molar-refractivity contribution is 7.89. The molecular weight excluding hydrogens is 496 g/mol. The maximum Gasteiger partial charge on any atom is 0.287 e. The molecule has 0 spiro atoms. The molecule has 10 nitrogen and oxygen atoms in total. The Morgan fingerprint density at radius 1 is 1.17 bits per heavy atom. The van der Waals surface area contributed by atoms with Gasteiger partial charge in [-0.05, 0) is 43.7 Å². The molecule has 0 bridgehead atoms. The van der Waals surface area contributed by atoms with Crippen LogP contribution in [-0.2, 0) is 14.8 Å². The SMILES string of the molecule is COc1ccc(S(=O)(=O)N2CCC(n3ncc(NC[C@H]4CCCOC4)c(Cl)c3=O)CC2)cc1OC. The topological polar surface area (TPSA) is 112 Å². The van der Waals surface area contributed by atoms with Crippen LogP contribution in [-0.4, -0.2) is 69.6 Å². The molecule has 2 saturated heterocycles. The highest BCUT2D eigenvalue weighted by Gasteiger charge is 2.32. The third kappa shape index (κ3) is 5.58. The van der Waals surface area contributed by atoms with Crippen molar-refractivity contribution in [3.8, 4) is 11.5 Å². The van der Waals surface area contributed by atoms with Gasteiger partial charge in [-0.2, -0.15) is 9.40 Å². The number of benzene rings is 1. The summed E-state index contributed by atoms with van der Waals surface area (Å²) in [6, 6.07) is 4.29. The standard InChI is InChI=1S/C23H31ClN4O6S/c1-32-20-6-5-18(12-21(20)33-2)35(30,31)27-9-7-17(8-10-27)28-23(29)22(24)19(14-26-28)25-13-16-4-3-11-34-15-16/h5-6,12,14,16-17,25H,3-4,7-11,13,15H2,1-2H3/t16-/m1/s1. The summed E-state index contributed by atoms with van der Waals surface area (Å²) < 4.78 is 45.1. The van der Waals surface area contributed by atoms with Crippen molar-refractivity contribution >= 4 is 27.3 Å². The summed E-state index contributed by atoms with van der Waals surface area (Å²) >= 11 is 6.37. The molecule has 2 aliphatic rings. The number of halogens is 1.